The number of H-pyrrole nitrogens is 1. The van der Waals surface area contributed by atoms with E-state index in [2.05, 4.69) is 38.3 Å². The number of hydrogen-bond donors (Lipinski definition) is 1. The Kier molecular flexibility index (Phi) is 2.47. The Bertz CT molecular complexity index is 502. The van der Waals surface area contributed by atoms with Gasteiger partial charge in [-0.2, -0.15) is 4.98 Å². The molecule has 0 unspecified atom stereocenters. The molecule has 14 heavy (non-hydrogen) atoms. The third-order valence-electron chi connectivity index (χ3n) is 1.57. The molecule has 2 aromatic rings. The average Bonchev–Trinajstić information content (AvgIpc) is 2.50. The molecule has 0 aliphatic heterocycles. The molecule has 72 valence electrons. The van der Waals surface area contributed by atoms with Crippen LogP contribution in [0.1, 0.15) is 0 Å². The Morgan fingerprint density at radius 1 is 1.43 bits per heavy atom. The summed E-state index contributed by atoms with van der Waals surface area (Å²) in [6.07, 6.45) is 0. The van der Waals surface area contributed by atoms with Crippen LogP contribution in [0.3, 0.4) is 0 Å². The number of halogens is 2. The first-order chi connectivity index (χ1) is 6.65. The van der Waals surface area contributed by atoms with Gasteiger partial charge in [0.15, 0.2) is 5.82 Å². The van der Waals surface area contributed by atoms with E-state index in [0.717, 1.165) is 0 Å². The molecule has 0 amide bonds. The number of hydrogen-bond acceptors (Lipinski definition) is 3. The summed E-state index contributed by atoms with van der Waals surface area (Å²) in [4.78, 5) is 3.97. The van der Waals surface area contributed by atoms with E-state index in [-0.39, 0.29) is 10.7 Å². The van der Waals surface area contributed by atoms with E-state index in [0.29, 0.717) is 15.9 Å². The van der Waals surface area contributed by atoms with Gasteiger partial charge in [-0.1, -0.05) is 15.9 Å². The monoisotopic (exact) mass is 274 g/mol. The molecule has 2 rings (SSSR count). The minimum absolute atomic E-state index is 0.0976. The molecule has 0 radical (unpaired) electrons. The predicted octanol–water partition coefficient (Wildman–Crippen LogP) is 3.30. The van der Waals surface area contributed by atoms with E-state index >= 15 is 0 Å². The standard InChI is InChI=1S/C8H4BrFN2OS/c9-5-1-4(2-6(10)3-5)7-11-8(14)13-12-7/h1-3H,(H,11,12,14). The quantitative estimate of drug-likeness (QED) is 0.812. The third kappa shape index (κ3) is 1.91. The van der Waals surface area contributed by atoms with Gasteiger partial charge in [-0.05, 0) is 30.4 Å². The molecule has 0 saturated carbocycles. The van der Waals surface area contributed by atoms with Gasteiger partial charge >= 0.3 is 4.84 Å². The Morgan fingerprint density at radius 3 is 2.79 bits per heavy atom. The molecule has 0 atom stereocenters. The van der Waals surface area contributed by atoms with Crippen molar-refractivity contribution in [2.24, 2.45) is 0 Å². The molecule has 0 fully saturated rings. The van der Waals surface area contributed by atoms with Crippen molar-refractivity contribution in [2.75, 3.05) is 0 Å². The molecule has 1 aromatic heterocycles. The first-order valence-corrected chi connectivity index (χ1v) is 4.87. The van der Waals surface area contributed by atoms with Crippen LogP contribution >= 0.6 is 28.1 Å². The van der Waals surface area contributed by atoms with Crippen LogP contribution in [0.15, 0.2) is 27.2 Å². The second-order valence-electron chi connectivity index (χ2n) is 2.59. The number of nitrogens with zero attached hydrogens (tertiary/aromatic N) is 1. The Morgan fingerprint density at radius 2 is 2.21 bits per heavy atom. The zero-order valence-corrected chi connectivity index (χ0v) is 9.15. The highest BCUT2D eigenvalue weighted by atomic mass is 79.9. The zero-order chi connectivity index (χ0) is 10.1. The number of aromatic nitrogens is 2. The summed E-state index contributed by atoms with van der Waals surface area (Å²) < 4.78 is 18.4. The average molecular weight is 275 g/mol. The summed E-state index contributed by atoms with van der Waals surface area (Å²) in [5.41, 5.74) is 0.580. The fraction of sp³-hybridized carbons (Fsp3) is 0. The lowest BCUT2D eigenvalue weighted by Gasteiger charge is -1.96. The minimum atomic E-state index is -0.350. The van der Waals surface area contributed by atoms with Gasteiger partial charge in [-0.3, -0.25) is 0 Å². The number of rotatable bonds is 1. The van der Waals surface area contributed by atoms with Crippen LogP contribution in [-0.2, 0) is 0 Å². The first-order valence-electron chi connectivity index (χ1n) is 3.67. The topological polar surface area (TPSA) is 41.8 Å². The maximum Gasteiger partial charge on any atom is 0.314 e. The summed E-state index contributed by atoms with van der Waals surface area (Å²) in [6, 6.07) is 4.41. The summed E-state index contributed by atoms with van der Waals surface area (Å²) in [7, 11) is 0. The van der Waals surface area contributed by atoms with Gasteiger partial charge in [0.05, 0.1) is 0 Å². The molecule has 1 heterocycles. The minimum Gasteiger partial charge on any atom is -0.348 e. The lowest BCUT2D eigenvalue weighted by atomic mass is 10.2. The van der Waals surface area contributed by atoms with Crippen molar-refractivity contribution in [3.05, 3.63) is 33.3 Å². The SMILES string of the molecule is Fc1cc(Br)cc(-c2nc(=S)o[nH]2)c1. The van der Waals surface area contributed by atoms with Crippen molar-refractivity contribution in [1.29, 1.82) is 0 Å². The molecule has 0 aliphatic carbocycles. The van der Waals surface area contributed by atoms with Crippen molar-refractivity contribution in [1.82, 2.24) is 10.1 Å². The molecule has 1 N–H and O–H groups in total. The summed E-state index contributed by atoms with van der Waals surface area (Å²) in [5.74, 6) is 0.0619. The highest BCUT2D eigenvalue weighted by Gasteiger charge is 2.05. The first kappa shape index (κ1) is 9.54. The van der Waals surface area contributed by atoms with Crippen LogP contribution in [0.5, 0.6) is 0 Å². The molecule has 3 nitrogen and oxygen atoms in total. The predicted molar refractivity (Wildman–Crippen MR) is 54.8 cm³/mol. The number of aromatic amines is 1. The molecule has 0 aliphatic rings. The maximum absolute atomic E-state index is 13.0. The summed E-state index contributed by atoms with van der Waals surface area (Å²) in [5, 5.41) is 2.50. The largest absolute Gasteiger partial charge is 0.348 e. The zero-order valence-electron chi connectivity index (χ0n) is 6.75. The molecule has 6 heteroatoms. The Labute approximate surface area is 92.1 Å². The van der Waals surface area contributed by atoms with Gasteiger partial charge in [0.1, 0.15) is 5.82 Å². The second kappa shape index (κ2) is 3.62. The van der Waals surface area contributed by atoms with E-state index in [1.54, 1.807) is 6.07 Å². The van der Waals surface area contributed by atoms with Gasteiger partial charge in [0.2, 0.25) is 0 Å². The van der Waals surface area contributed by atoms with Crippen molar-refractivity contribution in [3.63, 3.8) is 0 Å². The van der Waals surface area contributed by atoms with Crippen molar-refractivity contribution in [3.8, 4) is 11.4 Å². The fourth-order valence-corrected chi connectivity index (χ4v) is 1.64. The summed E-state index contributed by atoms with van der Waals surface area (Å²) in [6.45, 7) is 0. The highest BCUT2D eigenvalue weighted by molar-refractivity contribution is 9.10. The van der Waals surface area contributed by atoms with Crippen LogP contribution in [-0.4, -0.2) is 10.1 Å². The highest BCUT2D eigenvalue weighted by Crippen LogP contribution is 2.21. The normalized spacial score (nSPS) is 10.4. The lowest BCUT2D eigenvalue weighted by Crippen LogP contribution is -1.83. The van der Waals surface area contributed by atoms with Crippen molar-refractivity contribution >= 4 is 28.1 Å². The lowest BCUT2D eigenvalue weighted by molar-refractivity contribution is 0.406. The smallest absolute Gasteiger partial charge is 0.314 e. The molecule has 1 aromatic carbocycles. The Hall–Kier alpha value is -1.01. The van der Waals surface area contributed by atoms with E-state index < -0.39 is 0 Å². The van der Waals surface area contributed by atoms with Crippen molar-refractivity contribution in [2.45, 2.75) is 0 Å². The van der Waals surface area contributed by atoms with Gasteiger partial charge in [-0.15, -0.1) is 0 Å². The van der Waals surface area contributed by atoms with Crippen LogP contribution in [0.2, 0.25) is 0 Å². The third-order valence-corrected chi connectivity index (χ3v) is 2.21. The molecule has 0 bridgehead atoms. The summed E-state index contributed by atoms with van der Waals surface area (Å²) >= 11 is 7.86. The van der Waals surface area contributed by atoms with Gasteiger partial charge < -0.3 is 4.52 Å². The van der Waals surface area contributed by atoms with E-state index in [1.807, 2.05) is 0 Å². The van der Waals surface area contributed by atoms with Crippen LogP contribution in [0.25, 0.3) is 11.4 Å². The van der Waals surface area contributed by atoms with Crippen molar-refractivity contribution < 1.29 is 8.91 Å². The van der Waals surface area contributed by atoms with Gasteiger partial charge in [-0.25, -0.2) is 9.55 Å². The molecular weight excluding hydrogens is 271 g/mol. The van der Waals surface area contributed by atoms with Crippen LogP contribution < -0.4 is 0 Å². The van der Waals surface area contributed by atoms with Crippen LogP contribution in [0.4, 0.5) is 4.39 Å². The van der Waals surface area contributed by atoms with E-state index in [4.69, 9.17) is 4.52 Å². The molecule has 0 spiro atoms. The maximum atomic E-state index is 13.0. The van der Waals surface area contributed by atoms with E-state index in [1.165, 1.54) is 12.1 Å². The second-order valence-corrected chi connectivity index (χ2v) is 3.85. The van der Waals surface area contributed by atoms with E-state index in [9.17, 15) is 4.39 Å². The number of benzene rings is 1. The number of nitrogens with one attached hydrogen (secondary N) is 1. The molecule has 0 saturated heterocycles. The van der Waals surface area contributed by atoms with Gasteiger partial charge in [0.25, 0.3) is 0 Å². The van der Waals surface area contributed by atoms with Gasteiger partial charge in [0, 0.05) is 10.0 Å². The van der Waals surface area contributed by atoms with Crippen LogP contribution in [0, 0.1) is 10.7 Å². The Balaban J connectivity index is 2.56. The molecular formula is C8H4BrFN2OS. The fourth-order valence-electron chi connectivity index (χ4n) is 1.04.